The zero-order chi connectivity index (χ0) is 44.9. The minimum absolute atomic E-state index is 0.200. The standard InChI is InChI=1S/C29H28ClF3N4O2.C22H15N3O/c1-2-25-27(37-18-22(30)7-12-26(37)35-25)28(38)34-17-19-3-8-23(9-4-19)36-15-13-21(14-16-36)20-5-10-24(11-6-20)39-29(31,32)33;1-2-6-15(7-3-1)21-13-16-12-17(10-11-20(16)26-21)25-22-18-8-4-5-9-19(18)23-14-24-22/h3-12,18,21H,2,13-17H2,1H3,(H,34,38);1-14H,(H,23,24,25). The number of pyridine rings is 1. The number of fused-ring (bicyclic) bond motifs is 3. The monoisotopic (exact) mass is 893 g/mol. The van der Waals surface area contributed by atoms with Crippen molar-refractivity contribution < 1.29 is 27.1 Å². The van der Waals surface area contributed by atoms with Crippen molar-refractivity contribution in [1.29, 1.82) is 0 Å². The van der Waals surface area contributed by atoms with Crippen molar-refractivity contribution in [2.75, 3.05) is 23.3 Å². The van der Waals surface area contributed by atoms with Gasteiger partial charge in [-0.2, -0.15) is 0 Å². The van der Waals surface area contributed by atoms with Gasteiger partial charge in [0.2, 0.25) is 0 Å². The minimum atomic E-state index is -4.68. The SMILES string of the molecule is CCc1nc2ccc(Cl)cn2c1C(=O)NCc1ccc(N2CCC(c3ccc(OC(F)(F)F)cc3)CC2)cc1.c1ccc(-c2cc3cc(Nc4ncnc5ccccc45)ccc3o2)cc1. The molecule has 0 saturated carbocycles. The van der Waals surface area contributed by atoms with Crippen LogP contribution in [0.25, 0.3) is 38.8 Å². The lowest BCUT2D eigenvalue weighted by molar-refractivity contribution is -0.274. The van der Waals surface area contributed by atoms with E-state index in [2.05, 4.69) is 59.5 Å². The van der Waals surface area contributed by atoms with Crippen molar-refractivity contribution >= 4 is 62.2 Å². The van der Waals surface area contributed by atoms with E-state index in [9.17, 15) is 18.0 Å². The van der Waals surface area contributed by atoms with E-state index in [-0.39, 0.29) is 17.6 Å². The maximum atomic E-state index is 13.0. The van der Waals surface area contributed by atoms with Gasteiger partial charge < -0.3 is 24.7 Å². The van der Waals surface area contributed by atoms with Gasteiger partial charge in [-0.1, -0.05) is 85.3 Å². The van der Waals surface area contributed by atoms with Crippen LogP contribution in [-0.2, 0) is 13.0 Å². The van der Waals surface area contributed by atoms with Gasteiger partial charge in [-0.3, -0.25) is 9.20 Å². The summed E-state index contributed by atoms with van der Waals surface area (Å²) in [6, 6.07) is 44.0. The molecule has 1 saturated heterocycles. The van der Waals surface area contributed by atoms with Crippen molar-refractivity contribution in [2.24, 2.45) is 0 Å². The Kier molecular flexibility index (Phi) is 12.4. The van der Waals surface area contributed by atoms with Gasteiger partial charge in [0.25, 0.3) is 5.91 Å². The quantitative estimate of drug-likeness (QED) is 0.140. The third-order valence-corrected chi connectivity index (χ3v) is 11.6. The molecule has 1 fully saturated rings. The molecule has 0 radical (unpaired) electrons. The van der Waals surface area contributed by atoms with Gasteiger partial charge in [0.15, 0.2) is 0 Å². The Morgan fingerprint density at radius 3 is 2.37 bits per heavy atom. The number of furan rings is 1. The summed E-state index contributed by atoms with van der Waals surface area (Å²) in [6.45, 7) is 4.04. The van der Waals surface area contributed by atoms with E-state index in [1.54, 1.807) is 41.2 Å². The molecule has 65 heavy (non-hydrogen) atoms. The summed E-state index contributed by atoms with van der Waals surface area (Å²) in [7, 11) is 0. The molecule has 1 aliphatic heterocycles. The Hall–Kier alpha value is -7.38. The van der Waals surface area contributed by atoms with Crippen LogP contribution in [0, 0.1) is 0 Å². The fraction of sp³-hybridized carbons (Fsp3) is 0.176. The number of imidazole rings is 1. The first-order valence-electron chi connectivity index (χ1n) is 21.3. The second-order valence-electron chi connectivity index (χ2n) is 15.7. The first kappa shape index (κ1) is 42.9. The number of aryl methyl sites for hydroxylation is 1. The number of hydrogen-bond acceptors (Lipinski definition) is 8. The number of carbonyl (C=O) groups excluding carboxylic acids is 1. The molecule has 1 aliphatic rings. The van der Waals surface area contributed by atoms with Crippen LogP contribution in [0.15, 0.2) is 156 Å². The predicted octanol–water partition coefficient (Wildman–Crippen LogP) is 12.5. The topological polar surface area (TPSA) is 110 Å². The number of aromatic nitrogens is 4. The number of halogens is 4. The van der Waals surface area contributed by atoms with E-state index in [1.807, 2.05) is 85.8 Å². The number of anilines is 3. The van der Waals surface area contributed by atoms with E-state index in [1.165, 1.54) is 12.1 Å². The summed E-state index contributed by atoms with van der Waals surface area (Å²) in [5.41, 5.74) is 8.81. The summed E-state index contributed by atoms with van der Waals surface area (Å²) in [5, 5.41) is 8.97. The molecule has 0 aliphatic carbocycles. The maximum Gasteiger partial charge on any atom is 0.573 e. The second kappa shape index (κ2) is 18.8. The average molecular weight is 894 g/mol. The number of amides is 1. The number of carbonyl (C=O) groups is 1. The molecule has 5 heterocycles. The minimum Gasteiger partial charge on any atom is -0.456 e. The van der Waals surface area contributed by atoms with E-state index in [0.29, 0.717) is 29.3 Å². The Morgan fingerprint density at radius 1 is 0.862 bits per heavy atom. The zero-order valence-electron chi connectivity index (χ0n) is 35.2. The molecule has 5 aromatic carbocycles. The number of alkyl halides is 3. The van der Waals surface area contributed by atoms with Gasteiger partial charge in [-0.25, -0.2) is 15.0 Å². The average Bonchev–Trinajstić information content (AvgIpc) is 3.93. The van der Waals surface area contributed by atoms with E-state index in [0.717, 1.165) is 93.1 Å². The van der Waals surface area contributed by atoms with Gasteiger partial charge in [0.05, 0.1) is 16.2 Å². The molecule has 10 nitrogen and oxygen atoms in total. The Bertz CT molecular complexity index is 3070. The molecule has 328 valence electrons. The summed E-state index contributed by atoms with van der Waals surface area (Å²) in [5.74, 6) is 1.55. The molecule has 0 spiro atoms. The van der Waals surface area contributed by atoms with E-state index >= 15 is 0 Å². The molecular formula is C51H43ClF3N7O3. The molecule has 0 bridgehead atoms. The van der Waals surface area contributed by atoms with Gasteiger partial charge in [0, 0.05) is 53.5 Å². The Morgan fingerprint density at radius 2 is 1.62 bits per heavy atom. The first-order valence-corrected chi connectivity index (χ1v) is 21.6. The normalized spacial score (nSPS) is 13.2. The highest BCUT2D eigenvalue weighted by atomic mass is 35.5. The fourth-order valence-electron chi connectivity index (χ4n) is 8.16. The molecule has 14 heteroatoms. The smallest absolute Gasteiger partial charge is 0.456 e. The molecule has 4 aromatic heterocycles. The number of para-hydroxylation sites is 1. The van der Waals surface area contributed by atoms with Crippen LogP contribution in [-0.4, -0.2) is 44.7 Å². The van der Waals surface area contributed by atoms with E-state index < -0.39 is 6.36 Å². The number of nitrogens with zero attached hydrogens (tertiary/aromatic N) is 5. The van der Waals surface area contributed by atoms with Crippen molar-refractivity contribution in [3.8, 4) is 17.1 Å². The molecule has 2 N–H and O–H groups in total. The second-order valence-corrected chi connectivity index (χ2v) is 16.1. The zero-order valence-corrected chi connectivity index (χ0v) is 36.0. The molecular weight excluding hydrogens is 851 g/mol. The van der Waals surface area contributed by atoms with Crippen LogP contribution in [0.4, 0.5) is 30.4 Å². The van der Waals surface area contributed by atoms with Crippen LogP contribution in [0.2, 0.25) is 5.02 Å². The summed E-state index contributed by atoms with van der Waals surface area (Å²) in [4.78, 5) is 28.6. The number of nitrogens with one attached hydrogen (secondary N) is 2. The molecule has 0 atom stereocenters. The van der Waals surface area contributed by atoms with E-state index in [4.69, 9.17) is 16.0 Å². The van der Waals surface area contributed by atoms with Crippen LogP contribution >= 0.6 is 11.6 Å². The largest absolute Gasteiger partial charge is 0.573 e. The van der Waals surface area contributed by atoms with Gasteiger partial charge in [-0.05, 0) is 109 Å². The van der Waals surface area contributed by atoms with Crippen LogP contribution in [0.3, 0.4) is 0 Å². The number of benzene rings is 5. The molecule has 0 unspecified atom stereocenters. The Balaban J connectivity index is 0.000000177. The lowest BCUT2D eigenvalue weighted by Crippen LogP contribution is -2.32. The van der Waals surface area contributed by atoms with Gasteiger partial charge in [-0.15, -0.1) is 13.2 Å². The molecule has 9 aromatic rings. The van der Waals surface area contributed by atoms with Crippen LogP contribution in [0.5, 0.6) is 5.75 Å². The lowest BCUT2D eigenvalue weighted by Gasteiger charge is -2.34. The van der Waals surface area contributed by atoms with Crippen molar-refractivity contribution in [1.82, 2.24) is 24.7 Å². The van der Waals surface area contributed by atoms with Crippen molar-refractivity contribution in [3.05, 3.63) is 180 Å². The highest BCUT2D eigenvalue weighted by Crippen LogP contribution is 2.34. The maximum absolute atomic E-state index is 13.0. The van der Waals surface area contributed by atoms with Crippen molar-refractivity contribution in [3.63, 3.8) is 0 Å². The van der Waals surface area contributed by atoms with Crippen LogP contribution < -0.4 is 20.3 Å². The summed E-state index contributed by atoms with van der Waals surface area (Å²) < 4.78 is 48.9. The highest BCUT2D eigenvalue weighted by molar-refractivity contribution is 6.30. The first-order chi connectivity index (χ1) is 31.6. The number of rotatable bonds is 10. The third-order valence-electron chi connectivity index (χ3n) is 11.4. The van der Waals surface area contributed by atoms with Crippen LogP contribution in [0.1, 0.15) is 53.0 Å². The lowest BCUT2D eigenvalue weighted by atomic mass is 9.89. The number of ether oxygens (including phenoxy) is 1. The summed E-state index contributed by atoms with van der Waals surface area (Å²) >= 11 is 6.14. The third kappa shape index (κ3) is 10.1. The van der Waals surface area contributed by atoms with Crippen molar-refractivity contribution in [2.45, 2.75) is 45.0 Å². The number of piperidine rings is 1. The summed E-state index contributed by atoms with van der Waals surface area (Å²) in [6.07, 6.45) is 1.03. The Labute approximate surface area is 377 Å². The fourth-order valence-corrected chi connectivity index (χ4v) is 8.33. The number of hydrogen-bond donors (Lipinski definition) is 2. The highest BCUT2D eigenvalue weighted by Gasteiger charge is 2.31. The van der Waals surface area contributed by atoms with Gasteiger partial charge in [0.1, 0.15) is 40.6 Å². The predicted molar refractivity (Wildman–Crippen MR) is 249 cm³/mol. The van der Waals surface area contributed by atoms with Gasteiger partial charge >= 0.3 is 6.36 Å². The molecule has 1 amide bonds. The molecule has 10 rings (SSSR count).